The number of nitrogens with zero attached hydrogens (tertiary/aromatic N) is 5. The zero-order valence-electron chi connectivity index (χ0n) is 16.6. The van der Waals surface area contributed by atoms with Gasteiger partial charge in [-0.3, -0.25) is 4.79 Å². The molecule has 148 valence electrons. The summed E-state index contributed by atoms with van der Waals surface area (Å²) >= 11 is 1.78. The van der Waals surface area contributed by atoms with E-state index in [1.807, 2.05) is 6.92 Å². The lowest BCUT2D eigenvalue weighted by Gasteiger charge is -2.35. The van der Waals surface area contributed by atoms with Gasteiger partial charge in [-0.25, -0.2) is 9.67 Å². The maximum absolute atomic E-state index is 12.5. The number of carbonyl (C=O) groups is 1. The Morgan fingerprint density at radius 3 is 2.86 bits per heavy atom. The van der Waals surface area contributed by atoms with Crippen LogP contribution in [0.1, 0.15) is 42.7 Å². The molecule has 0 spiro atoms. The number of hydrogen-bond acceptors (Lipinski definition) is 6. The normalized spacial score (nSPS) is 16.5. The predicted octanol–water partition coefficient (Wildman–Crippen LogP) is 3.25. The molecule has 28 heavy (non-hydrogen) atoms. The summed E-state index contributed by atoms with van der Waals surface area (Å²) in [5.74, 6) is 0.366. The maximum atomic E-state index is 12.5. The quantitative estimate of drug-likeness (QED) is 0.714. The van der Waals surface area contributed by atoms with Crippen LogP contribution in [0.25, 0.3) is 10.2 Å². The van der Waals surface area contributed by atoms with E-state index in [9.17, 15) is 4.79 Å². The van der Waals surface area contributed by atoms with Crippen molar-refractivity contribution in [1.82, 2.24) is 25.3 Å². The minimum Gasteiger partial charge on any atom is -0.348 e. The first-order chi connectivity index (χ1) is 13.6. The molecule has 4 rings (SSSR count). The lowest BCUT2D eigenvalue weighted by Crippen LogP contribution is -2.44. The number of fused-ring (bicyclic) bond motifs is 1. The fraction of sp³-hybridized carbons (Fsp3) is 0.500. The molecule has 7 nitrogen and oxygen atoms in total. The Labute approximate surface area is 168 Å². The third kappa shape index (κ3) is 3.61. The van der Waals surface area contributed by atoms with Crippen molar-refractivity contribution in [2.24, 2.45) is 5.92 Å². The number of amides is 1. The van der Waals surface area contributed by atoms with E-state index in [4.69, 9.17) is 4.98 Å². The van der Waals surface area contributed by atoms with E-state index >= 15 is 0 Å². The summed E-state index contributed by atoms with van der Waals surface area (Å²) in [5.41, 5.74) is 2.90. The van der Waals surface area contributed by atoms with Crippen molar-refractivity contribution in [3.63, 3.8) is 0 Å². The summed E-state index contributed by atoms with van der Waals surface area (Å²) < 4.78 is 2.90. The predicted molar refractivity (Wildman–Crippen MR) is 112 cm³/mol. The van der Waals surface area contributed by atoms with Crippen LogP contribution in [-0.2, 0) is 6.54 Å². The second kappa shape index (κ2) is 7.87. The second-order valence-corrected chi connectivity index (χ2v) is 8.42. The molecule has 0 saturated carbocycles. The number of nitrogens with one attached hydrogen (secondary N) is 1. The Balaban J connectivity index is 1.36. The molecule has 1 fully saturated rings. The van der Waals surface area contributed by atoms with Crippen LogP contribution in [0.2, 0.25) is 0 Å². The molecule has 3 aromatic rings. The summed E-state index contributed by atoms with van der Waals surface area (Å²) in [6.45, 7) is 8.77. The molecule has 1 amide bonds. The van der Waals surface area contributed by atoms with Crippen LogP contribution in [0.4, 0.5) is 5.13 Å². The maximum Gasteiger partial charge on any atom is 0.271 e. The molecule has 3 heterocycles. The van der Waals surface area contributed by atoms with Gasteiger partial charge in [0.1, 0.15) is 5.69 Å². The Hall–Kier alpha value is -2.48. The van der Waals surface area contributed by atoms with Crippen LogP contribution < -0.4 is 10.2 Å². The van der Waals surface area contributed by atoms with Crippen molar-refractivity contribution in [3.8, 4) is 0 Å². The summed E-state index contributed by atoms with van der Waals surface area (Å²) in [4.78, 5) is 19.7. The van der Waals surface area contributed by atoms with E-state index in [-0.39, 0.29) is 11.9 Å². The third-order valence-corrected chi connectivity index (χ3v) is 6.89. The molecule has 8 heteroatoms. The summed E-state index contributed by atoms with van der Waals surface area (Å²) in [6, 6.07) is 6.41. The Morgan fingerprint density at radius 2 is 2.14 bits per heavy atom. The SMILES string of the molecule is CCn1nncc1C(=O)N[C@H](C)C1CCN(c2nc3cccc(C)c3s2)CC1. The van der Waals surface area contributed by atoms with Crippen LogP contribution in [0, 0.1) is 12.8 Å². The molecule has 0 unspecified atom stereocenters. The van der Waals surface area contributed by atoms with Crippen molar-refractivity contribution in [2.75, 3.05) is 18.0 Å². The lowest BCUT2D eigenvalue weighted by molar-refractivity contribution is 0.0911. The van der Waals surface area contributed by atoms with Crippen LogP contribution in [0.3, 0.4) is 0 Å². The monoisotopic (exact) mass is 398 g/mol. The minimum absolute atomic E-state index is 0.0940. The van der Waals surface area contributed by atoms with E-state index in [1.165, 1.54) is 16.5 Å². The van der Waals surface area contributed by atoms with Gasteiger partial charge in [0.15, 0.2) is 5.13 Å². The number of hydrogen-bond donors (Lipinski definition) is 1. The van der Waals surface area contributed by atoms with E-state index in [1.54, 1.807) is 16.0 Å². The zero-order chi connectivity index (χ0) is 19.7. The van der Waals surface area contributed by atoms with E-state index < -0.39 is 0 Å². The molecule has 0 aliphatic carbocycles. The van der Waals surface area contributed by atoms with Crippen molar-refractivity contribution < 1.29 is 4.79 Å². The number of piperidine rings is 1. The van der Waals surface area contributed by atoms with Crippen LogP contribution in [0.15, 0.2) is 24.4 Å². The van der Waals surface area contributed by atoms with Gasteiger partial charge in [0.25, 0.3) is 5.91 Å². The molecule has 1 aromatic carbocycles. The molecule has 1 aliphatic heterocycles. The van der Waals surface area contributed by atoms with Crippen LogP contribution >= 0.6 is 11.3 Å². The highest BCUT2D eigenvalue weighted by atomic mass is 32.1. The van der Waals surface area contributed by atoms with Gasteiger partial charge < -0.3 is 10.2 Å². The Morgan fingerprint density at radius 1 is 1.36 bits per heavy atom. The van der Waals surface area contributed by atoms with E-state index in [2.05, 4.69) is 52.6 Å². The molecule has 0 radical (unpaired) electrons. The number of aryl methyl sites for hydroxylation is 2. The smallest absolute Gasteiger partial charge is 0.271 e. The van der Waals surface area contributed by atoms with Gasteiger partial charge in [0.05, 0.1) is 16.4 Å². The van der Waals surface area contributed by atoms with Crippen molar-refractivity contribution >= 4 is 32.6 Å². The molecule has 1 N–H and O–H groups in total. The second-order valence-electron chi connectivity index (χ2n) is 7.44. The molecule has 2 aromatic heterocycles. The first kappa shape index (κ1) is 18.9. The van der Waals surface area contributed by atoms with Crippen LogP contribution in [0.5, 0.6) is 0 Å². The number of aromatic nitrogens is 4. The Kier molecular flexibility index (Phi) is 5.30. The molecule has 0 bridgehead atoms. The Bertz CT molecular complexity index is 972. The highest BCUT2D eigenvalue weighted by Gasteiger charge is 2.27. The first-order valence-corrected chi connectivity index (χ1v) is 10.7. The van der Waals surface area contributed by atoms with Gasteiger partial charge in [-0.15, -0.1) is 5.10 Å². The highest BCUT2D eigenvalue weighted by molar-refractivity contribution is 7.22. The number of benzene rings is 1. The molecule has 1 aliphatic rings. The van der Waals surface area contributed by atoms with Crippen LogP contribution in [-0.4, -0.2) is 45.0 Å². The first-order valence-electron chi connectivity index (χ1n) is 9.87. The van der Waals surface area contributed by atoms with Gasteiger partial charge in [0, 0.05) is 25.7 Å². The van der Waals surface area contributed by atoms with Gasteiger partial charge in [0.2, 0.25) is 0 Å². The van der Waals surface area contributed by atoms with Gasteiger partial charge in [-0.2, -0.15) is 0 Å². The molecular weight excluding hydrogens is 372 g/mol. The van der Waals surface area contributed by atoms with Crippen molar-refractivity contribution in [3.05, 3.63) is 35.7 Å². The fourth-order valence-corrected chi connectivity index (χ4v) is 4.95. The number of thiazole rings is 1. The van der Waals surface area contributed by atoms with Gasteiger partial charge >= 0.3 is 0 Å². The number of rotatable bonds is 5. The van der Waals surface area contributed by atoms with Crippen molar-refractivity contribution in [2.45, 2.75) is 46.2 Å². The largest absolute Gasteiger partial charge is 0.348 e. The standard InChI is InChI=1S/C20H26N6OS/c1-4-26-17(12-21-24-26)19(27)22-14(3)15-8-10-25(11-9-15)20-23-16-7-5-6-13(2)18(16)28-20/h5-7,12,14-15H,4,8-11H2,1-3H3,(H,22,27)/t14-/m1/s1. The van der Waals surface area contributed by atoms with Gasteiger partial charge in [-0.1, -0.05) is 28.7 Å². The number of carbonyl (C=O) groups excluding carboxylic acids is 1. The molecule has 1 saturated heterocycles. The third-order valence-electron chi connectivity index (χ3n) is 5.63. The zero-order valence-corrected chi connectivity index (χ0v) is 17.4. The van der Waals surface area contributed by atoms with Crippen molar-refractivity contribution in [1.29, 1.82) is 0 Å². The summed E-state index contributed by atoms with van der Waals surface area (Å²) in [6.07, 6.45) is 3.62. The topological polar surface area (TPSA) is 75.9 Å². The van der Waals surface area contributed by atoms with Gasteiger partial charge in [-0.05, 0) is 51.2 Å². The summed E-state index contributed by atoms with van der Waals surface area (Å²) in [5, 5.41) is 12.0. The average Bonchev–Trinajstić information content (AvgIpc) is 3.35. The van der Waals surface area contributed by atoms with E-state index in [0.29, 0.717) is 18.2 Å². The highest BCUT2D eigenvalue weighted by Crippen LogP contribution is 2.33. The lowest BCUT2D eigenvalue weighted by atomic mass is 9.90. The fourth-order valence-electron chi connectivity index (χ4n) is 3.87. The minimum atomic E-state index is -0.0940. The summed E-state index contributed by atoms with van der Waals surface area (Å²) in [7, 11) is 0. The average molecular weight is 399 g/mol. The number of anilines is 1. The molecule has 1 atom stereocenters. The molecular formula is C20H26N6OS. The van der Waals surface area contributed by atoms with E-state index in [0.717, 1.165) is 36.6 Å².